The Labute approximate surface area is 92.9 Å². The second kappa shape index (κ2) is 5.75. The standard InChI is InChI=1S/C11H12O5/c1-8(12)16-10-5-3-9(4-6-10)7-15-11(13)14-2/h3-6H,7H2,1-2H3. The van der Waals surface area contributed by atoms with Gasteiger partial charge in [0.25, 0.3) is 0 Å². The van der Waals surface area contributed by atoms with Crippen molar-refractivity contribution in [3.8, 4) is 5.75 Å². The van der Waals surface area contributed by atoms with E-state index in [1.165, 1.54) is 14.0 Å². The molecule has 0 bridgehead atoms. The third kappa shape index (κ3) is 4.00. The normalized spacial score (nSPS) is 9.38. The molecule has 1 aromatic carbocycles. The quantitative estimate of drug-likeness (QED) is 0.579. The fourth-order valence-electron chi connectivity index (χ4n) is 1.02. The molecule has 0 aliphatic carbocycles. The first-order chi connectivity index (χ1) is 7.61. The number of esters is 1. The third-order valence-electron chi connectivity index (χ3n) is 1.71. The van der Waals surface area contributed by atoms with Crippen molar-refractivity contribution in [1.82, 2.24) is 0 Å². The molecule has 1 aromatic rings. The summed E-state index contributed by atoms with van der Waals surface area (Å²) in [6, 6.07) is 6.64. The highest BCUT2D eigenvalue weighted by Gasteiger charge is 2.02. The summed E-state index contributed by atoms with van der Waals surface area (Å²) < 4.78 is 13.9. The van der Waals surface area contributed by atoms with Crippen molar-refractivity contribution in [3.63, 3.8) is 0 Å². The van der Waals surface area contributed by atoms with E-state index in [0.29, 0.717) is 5.75 Å². The molecule has 0 amide bonds. The Morgan fingerprint density at radius 3 is 2.31 bits per heavy atom. The van der Waals surface area contributed by atoms with E-state index in [0.717, 1.165) is 5.56 Å². The van der Waals surface area contributed by atoms with Gasteiger partial charge in [0.1, 0.15) is 12.4 Å². The Bertz CT molecular complexity index is 368. The molecule has 0 fully saturated rings. The Morgan fingerprint density at radius 2 is 1.81 bits per heavy atom. The molecule has 5 heteroatoms. The van der Waals surface area contributed by atoms with Crippen LogP contribution in [0.1, 0.15) is 12.5 Å². The minimum atomic E-state index is -0.732. The molecule has 0 spiro atoms. The van der Waals surface area contributed by atoms with Gasteiger partial charge in [0.2, 0.25) is 0 Å². The maximum atomic E-state index is 10.7. The maximum absolute atomic E-state index is 10.7. The van der Waals surface area contributed by atoms with E-state index in [-0.39, 0.29) is 12.6 Å². The minimum Gasteiger partial charge on any atom is -0.438 e. The summed E-state index contributed by atoms with van der Waals surface area (Å²) in [5.41, 5.74) is 0.779. The molecule has 1 rings (SSSR count). The smallest absolute Gasteiger partial charge is 0.438 e. The molecular formula is C11H12O5. The van der Waals surface area contributed by atoms with Crippen molar-refractivity contribution in [2.45, 2.75) is 13.5 Å². The predicted molar refractivity (Wildman–Crippen MR) is 54.9 cm³/mol. The summed E-state index contributed by atoms with van der Waals surface area (Å²) in [4.78, 5) is 21.3. The first-order valence-electron chi connectivity index (χ1n) is 4.60. The van der Waals surface area contributed by atoms with Gasteiger partial charge in [-0.15, -0.1) is 0 Å². The van der Waals surface area contributed by atoms with Crippen LogP contribution in [-0.4, -0.2) is 19.2 Å². The van der Waals surface area contributed by atoms with Crippen molar-refractivity contribution in [2.75, 3.05) is 7.11 Å². The van der Waals surface area contributed by atoms with Crippen molar-refractivity contribution >= 4 is 12.1 Å². The Balaban J connectivity index is 2.51. The van der Waals surface area contributed by atoms with Gasteiger partial charge in [0.15, 0.2) is 0 Å². The van der Waals surface area contributed by atoms with Gasteiger partial charge in [-0.1, -0.05) is 12.1 Å². The molecule has 0 saturated carbocycles. The van der Waals surface area contributed by atoms with Gasteiger partial charge in [-0.3, -0.25) is 4.79 Å². The van der Waals surface area contributed by atoms with Crippen LogP contribution in [0, 0.1) is 0 Å². The van der Waals surface area contributed by atoms with Gasteiger partial charge in [0.05, 0.1) is 7.11 Å². The Hall–Kier alpha value is -2.04. The van der Waals surface area contributed by atoms with Crippen LogP contribution in [0.15, 0.2) is 24.3 Å². The summed E-state index contributed by atoms with van der Waals surface area (Å²) in [7, 11) is 1.24. The largest absolute Gasteiger partial charge is 0.508 e. The molecule has 0 N–H and O–H groups in total. The van der Waals surface area contributed by atoms with Crippen LogP contribution in [0.5, 0.6) is 5.75 Å². The zero-order valence-corrected chi connectivity index (χ0v) is 9.06. The molecule has 0 saturated heterocycles. The molecule has 0 atom stereocenters. The van der Waals surface area contributed by atoms with Crippen molar-refractivity contribution in [3.05, 3.63) is 29.8 Å². The Kier molecular flexibility index (Phi) is 4.32. The summed E-state index contributed by atoms with van der Waals surface area (Å²) in [6.07, 6.45) is -0.732. The lowest BCUT2D eigenvalue weighted by Crippen LogP contribution is -2.04. The number of rotatable bonds is 3. The van der Waals surface area contributed by atoms with E-state index in [4.69, 9.17) is 9.47 Å². The van der Waals surface area contributed by atoms with Crippen molar-refractivity contribution < 1.29 is 23.8 Å². The summed E-state index contributed by atoms with van der Waals surface area (Å²) in [5, 5.41) is 0. The predicted octanol–water partition coefficient (Wildman–Crippen LogP) is 1.89. The topological polar surface area (TPSA) is 61.8 Å². The second-order valence-corrected chi connectivity index (χ2v) is 2.98. The zero-order valence-electron chi connectivity index (χ0n) is 9.06. The molecule has 0 radical (unpaired) electrons. The number of methoxy groups -OCH3 is 1. The van der Waals surface area contributed by atoms with Gasteiger partial charge < -0.3 is 14.2 Å². The summed E-state index contributed by atoms with van der Waals surface area (Å²) in [6.45, 7) is 1.45. The average molecular weight is 224 g/mol. The SMILES string of the molecule is COC(=O)OCc1ccc(OC(C)=O)cc1. The van der Waals surface area contributed by atoms with E-state index >= 15 is 0 Å². The minimum absolute atomic E-state index is 0.118. The van der Waals surface area contributed by atoms with Crippen LogP contribution in [0.25, 0.3) is 0 Å². The number of carbonyl (C=O) groups excluding carboxylic acids is 2. The number of benzene rings is 1. The van der Waals surface area contributed by atoms with Gasteiger partial charge in [-0.05, 0) is 17.7 Å². The lowest BCUT2D eigenvalue weighted by atomic mass is 10.2. The highest BCUT2D eigenvalue weighted by Crippen LogP contribution is 2.13. The van der Waals surface area contributed by atoms with Crippen molar-refractivity contribution in [1.29, 1.82) is 0 Å². The van der Waals surface area contributed by atoms with Crippen LogP contribution in [0.4, 0.5) is 4.79 Å². The van der Waals surface area contributed by atoms with Crippen LogP contribution < -0.4 is 4.74 Å². The molecule has 0 aliphatic heterocycles. The molecule has 5 nitrogen and oxygen atoms in total. The fraction of sp³-hybridized carbons (Fsp3) is 0.273. The summed E-state index contributed by atoms with van der Waals surface area (Å²) >= 11 is 0. The monoisotopic (exact) mass is 224 g/mol. The first-order valence-corrected chi connectivity index (χ1v) is 4.60. The number of ether oxygens (including phenoxy) is 3. The van der Waals surface area contributed by atoms with Gasteiger partial charge in [0, 0.05) is 6.92 Å². The lowest BCUT2D eigenvalue weighted by Gasteiger charge is -2.04. The van der Waals surface area contributed by atoms with E-state index in [1.807, 2.05) is 0 Å². The van der Waals surface area contributed by atoms with E-state index in [9.17, 15) is 9.59 Å². The molecule has 0 aliphatic rings. The molecule has 16 heavy (non-hydrogen) atoms. The van der Waals surface area contributed by atoms with Crippen LogP contribution in [0.3, 0.4) is 0 Å². The second-order valence-electron chi connectivity index (χ2n) is 2.98. The lowest BCUT2D eigenvalue weighted by molar-refractivity contribution is -0.131. The van der Waals surface area contributed by atoms with Crippen LogP contribution >= 0.6 is 0 Å². The highest BCUT2D eigenvalue weighted by molar-refractivity contribution is 5.69. The average Bonchev–Trinajstić information content (AvgIpc) is 2.27. The van der Waals surface area contributed by atoms with Crippen LogP contribution in [0.2, 0.25) is 0 Å². The number of hydrogen-bond acceptors (Lipinski definition) is 5. The van der Waals surface area contributed by atoms with Gasteiger partial charge in [-0.25, -0.2) is 4.79 Å². The van der Waals surface area contributed by atoms with Gasteiger partial charge in [-0.2, -0.15) is 0 Å². The number of hydrogen-bond donors (Lipinski definition) is 0. The van der Waals surface area contributed by atoms with E-state index in [1.54, 1.807) is 24.3 Å². The van der Waals surface area contributed by atoms with Crippen LogP contribution in [-0.2, 0) is 20.9 Å². The number of carbonyl (C=O) groups is 2. The van der Waals surface area contributed by atoms with Gasteiger partial charge >= 0.3 is 12.1 Å². The first kappa shape index (κ1) is 12.0. The molecule has 0 heterocycles. The van der Waals surface area contributed by atoms with Crippen molar-refractivity contribution in [2.24, 2.45) is 0 Å². The maximum Gasteiger partial charge on any atom is 0.508 e. The third-order valence-corrected chi connectivity index (χ3v) is 1.71. The Morgan fingerprint density at radius 1 is 1.19 bits per heavy atom. The van der Waals surface area contributed by atoms with E-state index in [2.05, 4.69) is 4.74 Å². The zero-order chi connectivity index (χ0) is 12.0. The fourth-order valence-corrected chi connectivity index (χ4v) is 1.02. The van der Waals surface area contributed by atoms with E-state index < -0.39 is 6.16 Å². The molecular weight excluding hydrogens is 212 g/mol. The summed E-state index contributed by atoms with van der Waals surface area (Å²) in [5.74, 6) is 0.0767. The highest BCUT2D eigenvalue weighted by atomic mass is 16.7. The molecule has 86 valence electrons. The molecule has 0 unspecified atom stereocenters. The molecule has 0 aromatic heterocycles.